The van der Waals surface area contributed by atoms with E-state index < -0.39 is 0 Å². The standard InChI is InChI=1S/C13H15N3O2.ClH/c17-12-4-3-11(16-12)13(18)15-9-1-2-10-8(7-9)5-6-14-10;/h1-2,7,11,14H,3-6H2,(H,15,18)(H,16,17);1H. The lowest BCUT2D eigenvalue weighted by Crippen LogP contribution is -2.37. The molecule has 2 aliphatic rings. The van der Waals surface area contributed by atoms with Gasteiger partial charge in [0.05, 0.1) is 0 Å². The van der Waals surface area contributed by atoms with Crippen LogP contribution in [0.5, 0.6) is 0 Å². The van der Waals surface area contributed by atoms with Crippen LogP contribution in [-0.2, 0) is 16.0 Å². The maximum Gasteiger partial charge on any atom is 0.246 e. The van der Waals surface area contributed by atoms with E-state index in [1.54, 1.807) is 0 Å². The highest BCUT2D eigenvalue weighted by Gasteiger charge is 2.27. The Balaban J connectivity index is 0.00000133. The minimum atomic E-state index is -0.385. The Kier molecular flexibility index (Phi) is 3.95. The number of nitrogens with one attached hydrogen (secondary N) is 3. The maximum absolute atomic E-state index is 11.9. The summed E-state index contributed by atoms with van der Waals surface area (Å²) < 4.78 is 0. The lowest BCUT2D eigenvalue weighted by Gasteiger charge is -2.11. The third-order valence-corrected chi connectivity index (χ3v) is 3.39. The molecule has 0 bridgehead atoms. The fourth-order valence-electron chi connectivity index (χ4n) is 2.42. The van der Waals surface area contributed by atoms with Crippen LogP contribution in [0, 0.1) is 0 Å². The molecule has 0 saturated carbocycles. The van der Waals surface area contributed by atoms with E-state index in [0.29, 0.717) is 12.8 Å². The summed E-state index contributed by atoms with van der Waals surface area (Å²) in [4.78, 5) is 23.0. The van der Waals surface area contributed by atoms with Gasteiger partial charge in [-0.2, -0.15) is 0 Å². The smallest absolute Gasteiger partial charge is 0.246 e. The van der Waals surface area contributed by atoms with Crippen LogP contribution < -0.4 is 16.0 Å². The molecule has 1 unspecified atom stereocenters. The van der Waals surface area contributed by atoms with Crippen LogP contribution in [-0.4, -0.2) is 24.4 Å². The molecule has 0 spiro atoms. The van der Waals surface area contributed by atoms with E-state index in [4.69, 9.17) is 0 Å². The molecule has 2 heterocycles. The maximum atomic E-state index is 11.9. The van der Waals surface area contributed by atoms with Gasteiger partial charge in [0, 0.05) is 24.3 Å². The second-order valence-electron chi connectivity index (χ2n) is 4.70. The Hall–Kier alpha value is -1.75. The summed E-state index contributed by atoms with van der Waals surface area (Å²) in [5.41, 5.74) is 3.16. The quantitative estimate of drug-likeness (QED) is 0.765. The highest BCUT2D eigenvalue weighted by molar-refractivity contribution is 5.99. The van der Waals surface area contributed by atoms with Crippen molar-refractivity contribution in [2.24, 2.45) is 0 Å². The minimum absolute atomic E-state index is 0. The Morgan fingerprint density at radius 3 is 2.89 bits per heavy atom. The fraction of sp³-hybridized carbons (Fsp3) is 0.385. The molecular weight excluding hydrogens is 266 g/mol. The molecule has 3 rings (SSSR count). The Labute approximate surface area is 117 Å². The number of fused-ring (bicyclic) bond motifs is 1. The van der Waals surface area contributed by atoms with Crippen LogP contribution in [0.1, 0.15) is 18.4 Å². The van der Waals surface area contributed by atoms with Gasteiger partial charge < -0.3 is 16.0 Å². The molecule has 0 aliphatic carbocycles. The summed E-state index contributed by atoms with van der Waals surface area (Å²) >= 11 is 0. The van der Waals surface area contributed by atoms with E-state index in [0.717, 1.165) is 24.3 Å². The van der Waals surface area contributed by atoms with E-state index in [9.17, 15) is 9.59 Å². The van der Waals surface area contributed by atoms with Crippen molar-refractivity contribution in [3.8, 4) is 0 Å². The van der Waals surface area contributed by atoms with Crippen LogP contribution in [0.15, 0.2) is 18.2 Å². The average Bonchev–Trinajstić information content (AvgIpc) is 2.96. The fourth-order valence-corrected chi connectivity index (χ4v) is 2.42. The Bertz CT molecular complexity index is 519. The van der Waals surface area contributed by atoms with E-state index in [2.05, 4.69) is 16.0 Å². The summed E-state index contributed by atoms with van der Waals surface area (Å²) in [5.74, 6) is -0.181. The zero-order chi connectivity index (χ0) is 12.5. The molecule has 1 aromatic carbocycles. The number of anilines is 2. The Morgan fingerprint density at radius 1 is 1.32 bits per heavy atom. The number of amides is 2. The summed E-state index contributed by atoms with van der Waals surface area (Å²) in [6, 6.07) is 5.46. The zero-order valence-electron chi connectivity index (χ0n) is 10.4. The number of rotatable bonds is 2. The molecule has 1 atom stereocenters. The van der Waals surface area contributed by atoms with Crippen LogP contribution in [0.3, 0.4) is 0 Å². The number of halogens is 1. The Morgan fingerprint density at radius 2 is 2.16 bits per heavy atom. The second-order valence-corrected chi connectivity index (χ2v) is 4.70. The van der Waals surface area contributed by atoms with Crippen molar-refractivity contribution in [1.82, 2.24) is 5.32 Å². The van der Waals surface area contributed by atoms with Crippen LogP contribution in [0.4, 0.5) is 11.4 Å². The number of carbonyl (C=O) groups is 2. The molecule has 0 radical (unpaired) electrons. The van der Waals surface area contributed by atoms with Gasteiger partial charge in [0.1, 0.15) is 6.04 Å². The number of hydrogen-bond acceptors (Lipinski definition) is 3. The van der Waals surface area contributed by atoms with Crippen molar-refractivity contribution in [2.75, 3.05) is 17.2 Å². The van der Waals surface area contributed by atoms with Crippen molar-refractivity contribution in [3.05, 3.63) is 23.8 Å². The first-order valence-electron chi connectivity index (χ1n) is 6.19. The van der Waals surface area contributed by atoms with E-state index in [1.165, 1.54) is 5.56 Å². The van der Waals surface area contributed by atoms with Gasteiger partial charge in [-0.05, 0) is 36.6 Å². The molecule has 1 aromatic rings. The molecule has 0 aromatic heterocycles. The van der Waals surface area contributed by atoms with Crippen LogP contribution >= 0.6 is 12.4 Å². The average molecular weight is 282 g/mol. The van der Waals surface area contributed by atoms with Crippen molar-refractivity contribution < 1.29 is 9.59 Å². The largest absolute Gasteiger partial charge is 0.384 e. The first-order chi connectivity index (χ1) is 8.72. The highest BCUT2D eigenvalue weighted by Crippen LogP contribution is 2.25. The zero-order valence-corrected chi connectivity index (χ0v) is 11.2. The van der Waals surface area contributed by atoms with Crippen molar-refractivity contribution in [1.29, 1.82) is 0 Å². The monoisotopic (exact) mass is 281 g/mol. The van der Waals surface area contributed by atoms with Gasteiger partial charge in [-0.25, -0.2) is 0 Å². The molecule has 6 heteroatoms. The minimum Gasteiger partial charge on any atom is -0.384 e. The molecule has 5 nitrogen and oxygen atoms in total. The molecule has 19 heavy (non-hydrogen) atoms. The van der Waals surface area contributed by atoms with E-state index in [1.807, 2.05) is 18.2 Å². The molecule has 3 N–H and O–H groups in total. The summed E-state index contributed by atoms with van der Waals surface area (Å²) in [6.45, 7) is 0.950. The predicted octanol–water partition coefficient (Wildman–Crippen LogP) is 1.29. The number of hydrogen-bond donors (Lipinski definition) is 3. The van der Waals surface area contributed by atoms with Crippen molar-refractivity contribution in [2.45, 2.75) is 25.3 Å². The molecule has 2 amide bonds. The first kappa shape index (κ1) is 13.7. The molecule has 1 saturated heterocycles. The SMILES string of the molecule is Cl.O=C1CCC(C(=O)Nc2ccc3c(c2)CCN3)N1. The second kappa shape index (κ2) is 5.48. The van der Waals surface area contributed by atoms with Crippen LogP contribution in [0.2, 0.25) is 0 Å². The van der Waals surface area contributed by atoms with Gasteiger partial charge in [-0.1, -0.05) is 0 Å². The normalized spacial score (nSPS) is 20.0. The predicted molar refractivity (Wildman–Crippen MR) is 75.7 cm³/mol. The lowest BCUT2D eigenvalue weighted by molar-refractivity contribution is -0.122. The third kappa shape index (κ3) is 2.81. The van der Waals surface area contributed by atoms with Gasteiger partial charge in [-0.15, -0.1) is 12.4 Å². The molecular formula is C13H16ClN3O2. The highest BCUT2D eigenvalue weighted by atomic mass is 35.5. The number of carbonyl (C=O) groups excluding carboxylic acids is 2. The summed E-state index contributed by atoms with van der Waals surface area (Å²) in [7, 11) is 0. The summed E-state index contributed by atoms with van der Waals surface area (Å²) in [6.07, 6.45) is 2.00. The molecule has 2 aliphatic heterocycles. The van der Waals surface area contributed by atoms with E-state index in [-0.39, 0.29) is 30.3 Å². The van der Waals surface area contributed by atoms with Crippen LogP contribution in [0.25, 0.3) is 0 Å². The van der Waals surface area contributed by atoms with Crippen molar-refractivity contribution in [3.63, 3.8) is 0 Å². The summed E-state index contributed by atoms with van der Waals surface area (Å²) in [5, 5.41) is 8.79. The number of benzene rings is 1. The molecule has 102 valence electrons. The lowest BCUT2D eigenvalue weighted by atomic mass is 10.1. The first-order valence-corrected chi connectivity index (χ1v) is 6.19. The topological polar surface area (TPSA) is 70.2 Å². The third-order valence-electron chi connectivity index (χ3n) is 3.39. The van der Waals surface area contributed by atoms with E-state index >= 15 is 0 Å². The van der Waals surface area contributed by atoms with Crippen molar-refractivity contribution >= 4 is 35.6 Å². The molecule has 1 fully saturated rings. The van der Waals surface area contributed by atoms with Gasteiger partial charge in [0.15, 0.2) is 0 Å². The van der Waals surface area contributed by atoms with Gasteiger partial charge in [0.25, 0.3) is 0 Å². The van der Waals surface area contributed by atoms with Gasteiger partial charge >= 0.3 is 0 Å². The van der Waals surface area contributed by atoms with Gasteiger partial charge in [-0.3, -0.25) is 9.59 Å². The van der Waals surface area contributed by atoms with Gasteiger partial charge in [0.2, 0.25) is 11.8 Å².